The van der Waals surface area contributed by atoms with E-state index in [0.717, 1.165) is 21.9 Å². The van der Waals surface area contributed by atoms with Crippen LogP contribution >= 0.6 is 11.3 Å². The van der Waals surface area contributed by atoms with Gasteiger partial charge < -0.3 is 0 Å². The SMILES string of the molecule is Cc1cc(C(=O)CS(=O)(=O)c2ccc(F)c(F)c2)c(C)s1. The van der Waals surface area contributed by atoms with Crippen molar-refractivity contribution in [2.24, 2.45) is 0 Å². The van der Waals surface area contributed by atoms with Gasteiger partial charge in [-0.3, -0.25) is 4.79 Å². The molecule has 2 aromatic rings. The van der Waals surface area contributed by atoms with E-state index < -0.39 is 37.9 Å². The van der Waals surface area contributed by atoms with Crippen LogP contribution in [0.4, 0.5) is 8.78 Å². The number of halogens is 2. The minimum atomic E-state index is -4.01. The Hall–Kier alpha value is -1.60. The molecule has 0 aliphatic rings. The molecular formula is C14H12F2O3S2. The summed E-state index contributed by atoms with van der Waals surface area (Å²) in [5, 5.41) is 0. The first-order valence-corrected chi connectivity index (χ1v) is 8.45. The van der Waals surface area contributed by atoms with Crippen molar-refractivity contribution in [3.05, 3.63) is 51.2 Å². The summed E-state index contributed by atoms with van der Waals surface area (Å²) in [7, 11) is -4.01. The average molecular weight is 330 g/mol. The maximum Gasteiger partial charge on any atom is 0.185 e. The van der Waals surface area contributed by atoms with Crippen LogP contribution < -0.4 is 0 Å². The molecule has 112 valence electrons. The van der Waals surface area contributed by atoms with Crippen LogP contribution in [0.1, 0.15) is 20.1 Å². The Balaban J connectivity index is 2.31. The fourth-order valence-electron chi connectivity index (χ4n) is 1.91. The summed E-state index contributed by atoms with van der Waals surface area (Å²) in [4.78, 5) is 13.3. The summed E-state index contributed by atoms with van der Waals surface area (Å²) in [6.45, 7) is 3.55. The number of ketones is 1. The molecule has 0 saturated heterocycles. The number of rotatable bonds is 4. The fourth-order valence-corrected chi connectivity index (χ4v) is 4.08. The third-order valence-corrected chi connectivity index (χ3v) is 5.49. The van der Waals surface area contributed by atoms with Gasteiger partial charge in [-0.15, -0.1) is 11.3 Å². The van der Waals surface area contributed by atoms with E-state index in [9.17, 15) is 22.0 Å². The quantitative estimate of drug-likeness (QED) is 0.638. The fraction of sp³-hybridized carbons (Fsp3) is 0.214. The van der Waals surface area contributed by atoms with E-state index in [1.165, 1.54) is 11.3 Å². The lowest BCUT2D eigenvalue weighted by atomic mass is 10.2. The number of hydrogen-bond donors (Lipinski definition) is 0. The number of thiophene rings is 1. The second-order valence-corrected chi connectivity index (χ2v) is 8.04. The van der Waals surface area contributed by atoms with Crippen LogP contribution in [-0.2, 0) is 9.84 Å². The molecule has 7 heteroatoms. The van der Waals surface area contributed by atoms with Crippen molar-refractivity contribution in [3.63, 3.8) is 0 Å². The van der Waals surface area contributed by atoms with Crippen LogP contribution in [0.15, 0.2) is 29.2 Å². The third kappa shape index (κ3) is 3.36. The van der Waals surface area contributed by atoms with Crippen LogP contribution in [0.2, 0.25) is 0 Å². The van der Waals surface area contributed by atoms with E-state index in [0.29, 0.717) is 11.6 Å². The number of carbonyl (C=O) groups excluding carboxylic acids is 1. The van der Waals surface area contributed by atoms with Crippen LogP contribution in [0.5, 0.6) is 0 Å². The number of Topliss-reactive ketones (excluding diaryl/α,β-unsaturated/α-hetero) is 1. The number of benzene rings is 1. The largest absolute Gasteiger partial charge is 0.293 e. The summed E-state index contributed by atoms with van der Waals surface area (Å²) >= 11 is 1.40. The topological polar surface area (TPSA) is 51.2 Å². The second kappa shape index (κ2) is 5.65. The van der Waals surface area contributed by atoms with Gasteiger partial charge in [0.15, 0.2) is 27.3 Å². The Bertz CT molecular complexity index is 808. The van der Waals surface area contributed by atoms with Gasteiger partial charge in [0, 0.05) is 15.3 Å². The molecule has 3 nitrogen and oxygen atoms in total. The zero-order valence-corrected chi connectivity index (χ0v) is 12.9. The van der Waals surface area contributed by atoms with Gasteiger partial charge in [-0.1, -0.05) is 0 Å². The molecule has 0 N–H and O–H groups in total. The van der Waals surface area contributed by atoms with Gasteiger partial charge in [0.2, 0.25) is 0 Å². The lowest BCUT2D eigenvalue weighted by molar-refractivity contribution is 0.102. The van der Waals surface area contributed by atoms with Crippen molar-refractivity contribution in [1.29, 1.82) is 0 Å². The van der Waals surface area contributed by atoms with Gasteiger partial charge >= 0.3 is 0 Å². The predicted octanol–water partition coefficient (Wildman–Crippen LogP) is 3.30. The standard InChI is InChI=1S/C14H12F2O3S2/c1-8-5-11(9(2)20-8)14(17)7-21(18,19)10-3-4-12(15)13(16)6-10/h3-6H,7H2,1-2H3. The molecular weight excluding hydrogens is 318 g/mol. The molecule has 0 aliphatic heterocycles. The summed E-state index contributed by atoms with van der Waals surface area (Å²) in [5.74, 6) is -3.72. The van der Waals surface area contributed by atoms with Gasteiger partial charge in [-0.2, -0.15) is 0 Å². The Kier molecular flexibility index (Phi) is 4.25. The number of sulfone groups is 1. The Labute approximate surface area is 125 Å². The van der Waals surface area contributed by atoms with E-state index >= 15 is 0 Å². The molecule has 0 atom stereocenters. The minimum Gasteiger partial charge on any atom is -0.293 e. The molecule has 2 rings (SSSR count). The van der Waals surface area contributed by atoms with Crippen LogP contribution in [-0.4, -0.2) is 20.0 Å². The number of carbonyl (C=O) groups is 1. The first-order valence-electron chi connectivity index (χ1n) is 5.99. The zero-order chi connectivity index (χ0) is 15.8. The van der Waals surface area contributed by atoms with Crippen molar-refractivity contribution in [1.82, 2.24) is 0 Å². The van der Waals surface area contributed by atoms with Crippen molar-refractivity contribution in [3.8, 4) is 0 Å². The molecule has 0 saturated carbocycles. The highest BCUT2D eigenvalue weighted by molar-refractivity contribution is 7.92. The lowest BCUT2D eigenvalue weighted by Gasteiger charge is -2.04. The van der Waals surface area contributed by atoms with Crippen LogP contribution in [0.3, 0.4) is 0 Å². The maximum atomic E-state index is 13.1. The van der Waals surface area contributed by atoms with Crippen molar-refractivity contribution < 1.29 is 22.0 Å². The molecule has 21 heavy (non-hydrogen) atoms. The third-order valence-electron chi connectivity index (χ3n) is 2.91. The molecule has 0 amide bonds. The average Bonchev–Trinajstić information content (AvgIpc) is 2.71. The van der Waals surface area contributed by atoms with Crippen molar-refractivity contribution in [2.45, 2.75) is 18.7 Å². The van der Waals surface area contributed by atoms with Crippen molar-refractivity contribution >= 4 is 27.0 Å². The maximum absolute atomic E-state index is 13.1. The van der Waals surface area contributed by atoms with Crippen LogP contribution in [0, 0.1) is 25.5 Å². The first-order chi connectivity index (χ1) is 9.70. The highest BCUT2D eigenvalue weighted by Crippen LogP contribution is 2.23. The van der Waals surface area contributed by atoms with Crippen molar-refractivity contribution in [2.75, 3.05) is 5.75 Å². The van der Waals surface area contributed by atoms with E-state index in [2.05, 4.69) is 0 Å². The molecule has 0 spiro atoms. The molecule has 0 aliphatic carbocycles. The molecule has 1 aromatic carbocycles. The predicted molar refractivity (Wildman–Crippen MR) is 76.5 cm³/mol. The second-order valence-electron chi connectivity index (χ2n) is 4.59. The van der Waals surface area contributed by atoms with E-state index in [1.54, 1.807) is 13.0 Å². The molecule has 0 fully saturated rings. The highest BCUT2D eigenvalue weighted by atomic mass is 32.2. The smallest absolute Gasteiger partial charge is 0.185 e. The van der Waals surface area contributed by atoms with E-state index in [-0.39, 0.29) is 0 Å². The van der Waals surface area contributed by atoms with Gasteiger partial charge in [-0.05, 0) is 38.1 Å². The van der Waals surface area contributed by atoms with Gasteiger partial charge in [0.1, 0.15) is 5.75 Å². The van der Waals surface area contributed by atoms with Gasteiger partial charge in [-0.25, -0.2) is 17.2 Å². The Morgan fingerprint density at radius 2 is 1.81 bits per heavy atom. The summed E-state index contributed by atoms with van der Waals surface area (Å²) in [5.41, 5.74) is 0.351. The summed E-state index contributed by atoms with van der Waals surface area (Å²) in [6, 6.07) is 3.90. The number of aryl methyl sites for hydroxylation is 2. The summed E-state index contributed by atoms with van der Waals surface area (Å²) < 4.78 is 50.1. The Morgan fingerprint density at radius 1 is 1.14 bits per heavy atom. The van der Waals surface area contributed by atoms with E-state index in [4.69, 9.17) is 0 Å². The minimum absolute atomic E-state index is 0.351. The van der Waals surface area contributed by atoms with Crippen LogP contribution in [0.25, 0.3) is 0 Å². The first kappa shape index (κ1) is 15.8. The van der Waals surface area contributed by atoms with E-state index in [1.807, 2.05) is 6.92 Å². The Morgan fingerprint density at radius 3 is 2.33 bits per heavy atom. The number of hydrogen-bond acceptors (Lipinski definition) is 4. The highest BCUT2D eigenvalue weighted by Gasteiger charge is 2.23. The van der Waals surface area contributed by atoms with Gasteiger partial charge in [0.25, 0.3) is 0 Å². The van der Waals surface area contributed by atoms with Gasteiger partial charge in [0.05, 0.1) is 4.90 Å². The molecule has 1 heterocycles. The lowest BCUT2D eigenvalue weighted by Crippen LogP contribution is -2.17. The molecule has 0 unspecified atom stereocenters. The normalized spacial score (nSPS) is 11.6. The molecule has 1 aromatic heterocycles. The summed E-state index contributed by atoms with van der Waals surface area (Å²) in [6.07, 6.45) is 0. The molecule has 0 radical (unpaired) electrons. The molecule has 0 bridgehead atoms. The zero-order valence-electron chi connectivity index (χ0n) is 11.3. The monoisotopic (exact) mass is 330 g/mol.